The van der Waals surface area contributed by atoms with Gasteiger partial charge >= 0.3 is 0 Å². The molecule has 0 spiro atoms. The van der Waals surface area contributed by atoms with Crippen molar-refractivity contribution in [2.24, 2.45) is 0 Å². The third-order valence-corrected chi connectivity index (χ3v) is 4.27. The monoisotopic (exact) mass is 288 g/mol. The van der Waals surface area contributed by atoms with Crippen molar-refractivity contribution in [1.29, 1.82) is 0 Å². The topological polar surface area (TPSA) is 25.4 Å². The fraction of sp³-hybridized carbons (Fsp3) is 0.312. The van der Waals surface area contributed by atoms with Crippen LogP contribution < -0.4 is 0 Å². The summed E-state index contributed by atoms with van der Waals surface area (Å²) in [5.41, 5.74) is 1.95. The summed E-state index contributed by atoms with van der Waals surface area (Å²) in [4.78, 5) is 10.5. The van der Waals surface area contributed by atoms with Crippen LogP contribution in [0.25, 0.3) is 0 Å². The fourth-order valence-electron chi connectivity index (χ4n) is 2.64. The zero-order chi connectivity index (χ0) is 14.2. The molecule has 0 bridgehead atoms. The summed E-state index contributed by atoms with van der Waals surface area (Å²) in [5, 5.41) is 2.65. The standard InChI is InChI=1S/C16H17ClN2O/c1-16(15-5-3-4-10-18-15)11-14(20-19(16)2)12-6-8-13(17)9-7-12/h3-10,14H,11H2,1-2H3. The quantitative estimate of drug-likeness (QED) is 0.836. The molecular weight excluding hydrogens is 272 g/mol. The molecule has 20 heavy (non-hydrogen) atoms. The molecule has 104 valence electrons. The number of hydrogen-bond acceptors (Lipinski definition) is 3. The van der Waals surface area contributed by atoms with E-state index in [4.69, 9.17) is 16.4 Å². The average Bonchev–Trinajstić information content (AvgIpc) is 2.78. The SMILES string of the molecule is CN1OC(c2ccc(Cl)cc2)CC1(C)c1ccccn1. The van der Waals surface area contributed by atoms with Gasteiger partial charge in [-0.2, -0.15) is 5.06 Å². The molecule has 0 saturated carbocycles. The van der Waals surface area contributed by atoms with Gasteiger partial charge in [0.25, 0.3) is 0 Å². The first-order chi connectivity index (χ1) is 9.59. The lowest BCUT2D eigenvalue weighted by Gasteiger charge is -2.28. The molecular formula is C16H17ClN2O. The maximum atomic E-state index is 6.01. The van der Waals surface area contributed by atoms with Crippen molar-refractivity contribution in [2.75, 3.05) is 7.05 Å². The lowest BCUT2D eigenvalue weighted by molar-refractivity contribution is -0.169. The third kappa shape index (κ3) is 2.33. The van der Waals surface area contributed by atoms with Crippen molar-refractivity contribution in [3.63, 3.8) is 0 Å². The Morgan fingerprint density at radius 3 is 2.65 bits per heavy atom. The molecule has 2 unspecified atom stereocenters. The maximum absolute atomic E-state index is 6.01. The minimum atomic E-state index is -0.217. The Balaban J connectivity index is 1.88. The van der Waals surface area contributed by atoms with E-state index in [2.05, 4.69) is 11.9 Å². The Bertz CT molecular complexity index is 587. The van der Waals surface area contributed by atoms with Crippen molar-refractivity contribution < 1.29 is 4.84 Å². The van der Waals surface area contributed by atoms with Crippen LogP contribution in [0.1, 0.15) is 30.7 Å². The second kappa shape index (κ2) is 5.17. The zero-order valence-corrected chi connectivity index (χ0v) is 12.3. The number of hydroxylamine groups is 2. The van der Waals surface area contributed by atoms with E-state index in [-0.39, 0.29) is 11.6 Å². The highest BCUT2D eigenvalue weighted by Crippen LogP contribution is 2.44. The van der Waals surface area contributed by atoms with E-state index in [0.29, 0.717) is 0 Å². The van der Waals surface area contributed by atoms with Crippen molar-refractivity contribution >= 4 is 11.6 Å². The number of benzene rings is 1. The predicted molar refractivity (Wildman–Crippen MR) is 79.2 cm³/mol. The summed E-state index contributed by atoms with van der Waals surface area (Å²) >= 11 is 5.94. The van der Waals surface area contributed by atoms with E-state index >= 15 is 0 Å². The van der Waals surface area contributed by atoms with E-state index in [9.17, 15) is 0 Å². The van der Waals surface area contributed by atoms with Gasteiger partial charge in [-0.3, -0.25) is 9.82 Å². The van der Waals surface area contributed by atoms with E-state index < -0.39 is 0 Å². The van der Waals surface area contributed by atoms with Crippen molar-refractivity contribution in [3.8, 4) is 0 Å². The van der Waals surface area contributed by atoms with Gasteiger partial charge in [-0.15, -0.1) is 0 Å². The van der Waals surface area contributed by atoms with E-state index in [1.165, 1.54) is 0 Å². The van der Waals surface area contributed by atoms with Crippen LogP contribution in [-0.4, -0.2) is 17.1 Å². The Kier molecular flexibility index (Phi) is 3.50. The molecule has 1 saturated heterocycles. The molecule has 1 aromatic carbocycles. The van der Waals surface area contributed by atoms with Crippen LogP contribution in [0.3, 0.4) is 0 Å². The highest BCUT2D eigenvalue weighted by atomic mass is 35.5. The molecule has 2 heterocycles. The van der Waals surface area contributed by atoms with Gasteiger partial charge in [0.1, 0.15) is 6.10 Å². The minimum Gasteiger partial charge on any atom is -0.290 e. The normalized spacial score (nSPS) is 26.9. The number of halogens is 1. The number of pyridine rings is 1. The van der Waals surface area contributed by atoms with Gasteiger partial charge in [-0.05, 0) is 36.8 Å². The van der Waals surface area contributed by atoms with Crippen molar-refractivity contribution in [1.82, 2.24) is 10.0 Å². The second-order valence-corrected chi connectivity index (χ2v) is 5.77. The fourth-order valence-corrected chi connectivity index (χ4v) is 2.76. The first-order valence-corrected chi connectivity index (χ1v) is 7.05. The Labute approximate surface area is 124 Å². The van der Waals surface area contributed by atoms with Gasteiger partial charge < -0.3 is 0 Å². The van der Waals surface area contributed by atoms with Crippen LogP contribution in [0.4, 0.5) is 0 Å². The highest BCUT2D eigenvalue weighted by molar-refractivity contribution is 6.30. The molecule has 4 heteroatoms. The van der Waals surface area contributed by atoms with Gasteiger partial charge in [0.2, 0.25) is 0 Å². The molecule has 3 nitrogen and oxygen atoms in total. The molecule has 3 rings (SSSR count). The van der Waals surface area contributed by atoms with E-state index in [1.54, 1.807) is 0 Å². The molecule has 0 N–H and O–H groups in total. The number of rotatable bonds is 2. The smallest absolute Gasteiger partial charge is 0.107 e. The first-order valence-electron chi connectivity index (χ1n) is 6.67. The molecule has 0 aliphatic carbocycles. The molecule has 2 aromatic rings. The molecule has 0 radical (unpaired) electrons. The number of hydrogen-bond donors (Lipinski definition) is 0. The van der Waals surface area contributed by atoms with Crippen LogP contribution in [0.15, 0.2) is 48.7 Å². The van der Waals surface area contributed by atoms with E-state index in [0.717, 1.165) is 22.7 Å². The second-order valence-electron chi connectivity index (χ2n) is 5.34. The van der Waals surface area contributed by atoms with Crippen LogP contribution >= 0.6 is 11.6 Å². The van der Waals surface area contributed by atoms with Crippen LogP contribution in [0, 0.1) is 0 Å². The van der Waals surface area contributed by atoms with Gasteiger partial charge in [0, 0.05) is 24.7 Å². The van der Waals surface area contributed by atoms with Gasteiger partial charge in [0.15, 0.2) is 0 Å². The molecule has 2 atom stereocenters. The van der Waals surface area contributed by atoms with Gasteiger partial charge in [-0.1, -0.05) is 29.8 Å². The summed E-state index contributed by atoms with van der Waals surface area (Å²) in [7, 11) is 1.96. The van der Waals surface area contributed by atoms with Crippen LogP contribution in [-0.2, 0) is 10.4 Å². The third-order valence-electron chi connectivity index (χ3n) is 4.02. The van der Waals surface area contributed by atoms with E-state index in [1.807, 2.05) is 60.8 Å². The minimum absolute atomic E-state index is 0.0317. The number of aromatic nitrogens is 1. The summed E-state index contributed by atoms with van der Waals surface area (Å²) < 4.78 is 0. The van der Waals surface area contributed by atoms with Gasteiger partial charge in [0.05, 0.1) is 11.2 Å². The Morgan fingerprint density at radius 1 is 1.25 bits per heavy atom. The predicted octanol–water partition coefficient (Wildman–Crippen LogP) is 3.96. The van der Waals surface area contributed by atoms with Crippen LogP contribution in [0.5, 0.6) is 0 Å². The van der Waals surface area contributed by atoms with Crippen LogP contribution in [0.2, 0.25) is 5.02 Å². The molecule has 1 aliphatic heterocycles. The summed E-state index contributed by atoms with van der Waals surface area (Å²) in [5.74, 6) is 0. The first kappa shape index (κ1) is 13.6. The number of nitrogens with zero attached hydrogens (tertiary/aromatic N) is 2. The largest absolute Gasteiger partial charge is 0.290 e. The molecule has 1 fully saturated rings. The molecule has 1 aliphatic rings. The Morgan fingerprint density at radius 2 is 2.00 bits per heavy atom. The maximum Gasteiger partial charge on any atom is 0.107 e. The average molecular weight is 289 g/mol. The van der Waals surface area contributed by atoms with Crippen molar-refractivity contribution in [3.05, 3.63) is 64.9 Å². The summed E-state index contributed by atoms with van der Waals surface area (Å²) in [6.07, 6.45) is 2.72. The molecule has 1 aromatic heterocycles. The lowest BCUT2D eigenvalue weighted by Crippen LogP contribution is -2.35. The zero-order valence-electron chi connectivity index (χ0n) is 11.6. The van der Waals surface area contributed by atoms with Crippen molar-refractivity contribution in [2.45, 2.75) is 25.0 Å². The van der Waals surface area contributed by atoms with Gasteiger partial charge in [-0.25, -0.2) is 0 Å². The highest BCUT2D eigenvalue weighted by Gasteiger charge is 2.44. The molecule has 0 amide bonds. The summed E-state index contributed by atoms with van der Waals surface area (Å²) in [6, 6.07) is 13.8. The lowest BCUT2D eigenvalue weighted by atomic mass is 9.89. The Hall–Kier alpha value is -1.42. The summed E-state index contributed by atoms with van der Waals surface area (Å²) in [6.45, 7) is 2.16.